The molecule has 0 bridgehead atoms. The molecular weight excluding hydrogens is 280 g/mol. The van der Waals surface area contributed by atoms with Crippen molar-refractivity contribution >= 4 is 31.9 Å². The lowest BCUT2D eigenvalue weighted by Gasteiger charge is -2.00. The summed E-state index contributed by atoms with van der Waals surface area (Å²) in [7, 11) is 0. The van der Waals surface area contributed by atoms with Gasteiger partial charge in [0.05, 0.1) is 9.65 Å². The van der Waals surface area contributed by atoms with Crippen LogP contribution < -0.4 is 0 Å². The van der Waals surface area contributed by atoms with Crippen molar-refractivity contribution in [1.29, 1.82) is 0 Å². The zero-order valence-corrected chi connectivity index (χ0v) is 10.9. The van der Waals surface area contributed by atoms with E-state index in [1.54, 1.807) is 0 Å². The topological polar surface area (TPSA) is 0 Å². The van der Waals surface area contributed by atoms with Gasteiger partial charge in [-0.05, 0) is 13.3 Å². The first-order chi connectivity index (χ1) is 5.66. The third-order valence-corrected chi connectivity index (χ3v) is 2.42. The molecule has 2 heteroatoms. The molecule has 0 spiro atoms. The molecule has 0 aliphatic heterocycles. The fourth-order valence-electron chi connectivity index (χ4n) is 0.851. The highest BCUT2D eigenvalue weighted by Crippen LogP contribution is 2.10. The second kappa shape index (κ2) is 8.13. The largest absolute Gasteiger partial charge is 0.0874 e. The number of hydrogen-bond acceptors (Lipinski definition) is 0. The van der Waals surface area contributed by atoms with Gasteiger partial charge < -0.3 is 0 Å². The average Bonchev–Trinajstić information content (AvgIpc) is 2.01. The van der Waals surface area contributed by atoms with Crippen molar-refractivity contribution < 1.29 is 0 Å². The number of alkyl halides is 2. The van der Waals surface area contributed by atoms with Crippen molar-refractivity contribution in [3.05, 3.63) is 0 Å². The Morgan fingerprint density at radius 1 is 1.17 bits per heavy atom. The van der Waals surface area contributed by atoms with Gasteiger partial charge in [0.1, 0.15) is 0 Å². The van der Waals surface area contributed by atoms with Crippen LogP contribution >= 0.6 is 31.9 Å². The summed E-state index contributed by atoms with van der Waals surface area (Å²) in [6.07, 6.45) is 5.04. The molecule has 2 atom stereocenters. The Hall–Kier alpha value is 0.520. The first-order valence-electron chi connectivity index (χ1n) is 4.46. The van der Waals surface area contributed by atoms with E-state index >= 15 is 0 Å². The van der Waals surface area contributed by atoms with Gasteiger partial charge in [-0.3, -0.25) is 0 Å². The van der Waals surface area contributed by atoms with E-state index in [0.717, 1.165) is 0 Å². The lowest BCUT2D eigenvalue weighted by Crippen LogP contribution is -1.94. The van der Waals surface area contributed by atoms with Gasteiger partial charge >= 0.3 is 0 Å². The van der Waals surface area contributed by atoms with E-state index in [0.29, 0.717) is 9.65 Å². The molecule has 70 valence electrons. The van der Waals surface area contributed by atoms with Crippen molar-refractivity contribution in [3.63, 3.8) is 0 Å². The van der Waals surface area contributed by atoms with Gasteiger partial charge in [0.15, 0.2) is 0 Å². The quantitative estimate of drug-likeness (QED) is 0.416. The molecule has 0 heterocycles. The molecule has 0 aromatic carbocycles. The zero-order chi connectivity index (χ0) is 9.40. The standard InChI is InChI=1S/C10H16Br2/c1-3-4-5-6-10(12)8-7-9(2)11/h9-10H,3-6H2,1-2H3. The molecule has 0 fully saturated rings. The molecule has 0 nitrogen and oxygen atoms in total. The summed E-state index contributed by atoms with van der Waals surface area (Å²) >= 11 is 6.93. The van der Waals surface area contributed by atoms with Crippen LogP contribution in [0.2, 0.25) is 0 Å². The third-order valence-electron chi connectivity index (χ3n) is 1.50. The van der Waals surface area contributed by atoms with Crippen LogP contribution in [0.4, 0.5) is 0 Å². The predicted molar refractivity (Wildman–Crippen MR) is 63.0 cm³/mol. The molecule has 0 radical (unpaired) electrons. The fraction of sp³-hybridized carbons (Fsp3) is 0.800. The Balaban J connectivity index is 3.47. The number of unbranched alkanes of at least 4 members (excludes halogenated alkanes) is 2. The van der Waals surface area contributed by atoms with E-state index in [1.807, 2.05) is 6.92 Å². The molecule has 0 amide bonds. The molecule has 0 aliphatic rings. The van der Waals surface area contributed by atoms with Crippen LogP contribution in [0.15, 0.2) is 0 Å². The highest BCUT2D eigenvalue weighted by Gasteiger charge is 1.97. The van der Waals surface area contributed by atoms with Crippen molar-refractivity contribution in [2.75, 3.05) is 0 Å². The van der Waals surface area contributed by atoms with Crippen molar-refractivity contribution in [2.45, 2.75) is 49.2 Å². The fourth-order valence-corrected chi connectivity index (χ4v) is 1.44. The second-order valence-corrected chi connectivity index (χ2v) is 5.35. The summed E-state index contributed by atoms with van der Waals surface area (Å²) in [5, 5.41) is 0. The van der Waals surface area contributed by atoms with E-state index < -0.39 is 0 Å². The Morgan fingerprint density at radius 3 is 2.33 bits per heavy atom. The van der Waals surface area contributed by atoms with Crippen LogP contribution in [0.5, 0.6) is 0 Å². The van der Waals surface area contributed by atoms with Gasteiger partial charge in [0.25, 0.3) is 0 Å². The highest BCUT2D eigenvalue weighted by atomic mass is 79.9. The molecule has 2 unspecified atom stereocenters. The van der Waals surface area contributed by atoms with Gasteiger partial charge in [0.2, 0.25) is 0 Å². The third kappa shape index (κ3) is 8.62. The molecule has 0 saturated heterocycles. The Bertz CT molecular complexity index is 153. The predicted octanol–water partition coefficient (Wildman–Crippen LogP) is 4.12. The maximum Gasteiger partial charge on any atom is 0.0755 e. The maximum atomic E-state index is 3.54. The Kier molecular flexibility index (Phi) is 8.49. The Morgan fingerprint density at radius 2 is 1.83 bits per heavy atom. The van der Waals surface area contributed by atoms with E-state index in [4.69, 9.17) is 0 Å². The number of halogens is 2. The van der Waals surface area contributed by atoms with Crippen molar-refractivity contribution in [3.8, 4) is 11.8 Å². The van der Waals surface area contributed by atoms with Gasteiger partial charge in [-0.25, -0.2) is 0 Å². The van der Waals surface area contributed by atoms with E-state index in [9.17, 15) is 0 Å². The molecule has 0 N–H and O–H groups in total. The van der Waals surface area contributed by atoms with Crippen LogP contribution in [0, 0.1) is 11.8 Å². The van der Waals surface area contributed by atoms with E-state index in [1.165, 1.54) is 25.7 Å². The molecule has 0 aliphatic carbocycles. The van der Waals surface area contributed by atoms with Crippen LogP contribution in [0.1, 0.15) is 39.5 Å². The second-order valence-electron chi connectivity index (χ2n) is 2.87. The molecule has 0 saturated carbocycles. The van der Waals surface area contributed by atoms with Crippen LogP contribution in [0.25, 0.3) is 0 Å². The van der Waals surface area contributed by atoms with Crippen molar-refractivity contribution in [1.82, 2.24) is 0 Å². The number of hydrogen-bond donors (Lipinski definition) is 0. The van der Waals surface area contributed by atoms with Gasteiger partial charge in [-0.2, -0.15) is 0 Å². The molecular formula is C10H16Br2. The minimum atomic E-state index is 0.309. The zero-order valence-electron chi connectivity index (χ0n) is 7.74. The summed E-state index contributed by atoms with van der Waals surface area (Å²) in [6.45, 7) is 4.26. The summed E-state index contributed by atoms with van der Waals surface area (Å²) in [5.41, 5.74) is 0. The van der Waals surface area contributed by atoms with Crippen LogP contribution in [-0.4, -0.2) is 9.65 Å². The normalized spacial score (nSPS) is 14.7. The molecule has 12 heavy (non-hydrogen) atoms. The van der Waals surface area contributed by atoms with Crippen LogP contribution in [-0.2, 0) is 0 Å². The first-order valence-corrected chi connectivity index (χ1v) is 6.29. The van der Waals surface area contributed by atoms with E-state index in [2.05, 4.69) is 50.6 Å². The van der Waals surface area contributed by atoms with Crippen LogP contribution in [0.3, 0.4) is 0 Å². The number of rotatable bonds is 4. The average molecular weight is 296 g/mol. The molecule has 0 rings (SSSR count). The lowest BCUT2D eigenvalue weighted by atomic mass is 10.1. The SMILES string of the molecule is CCCCCC(Br)C#CC(C)Br. The first kappa shape index (κ1) is 12.5. The Labute approximate surface area is 92.8 Å². The van der Waals surface area contributed by atoms with Gasteiger partial charge in [-0.15, -0.1) is 0 Å². The minimum Gasteiger partial charge on any atom is -0.0874 e. The maximum absolute atomic E-state index is 3.54. The monoisotopic (exact) mass is 294 g/mol. The minimum absolute atomic E-state index is 0.309. The summed E-state index contributed by atoms with van der Waals surface area (Å²) in [6, 6.07) is 0. The lowest BCUT2D eigenvalue weighted by molar-refractivity contribution is 0.688. The smallest absolute Gasteiger partial charge is 0.0755 e. The van der Waals surface area contributed by atoms with Crippen molar-refractivity contribution in [2.24, 2.45) is 0 Å². The molecule has 0 aromatic heterocycles. The summed E-state index contributed by atoms with van der Waals surface area (Å²) < 4.78 is 0. The highest BCUT2D eigenvalue weighted by molar-refractivity contribution is 9.10. The van der Waals surface area contributed by atoms with E-state index in [-0.39, 0.29) is 0 Å². The van der Waals surface area contributed by atoms with Gasteiger partial charge in [0, 0.05) is 0 Å². The summed E-state index contributed by atoms with van der Waals surface area (Å²) in [5.74, 6) is 6.25. The van der Waals surface area contributed by atoms with Gasteiger partial charge in [-0.1, -0.05) is 69.9 Å². The summed E-state index contributed by atoms with van der Waals surface area (Å²) in [4.78, 5) is 0.688. The molecule has 0 aromatic rings.